The maximum Gasteiger partial charge on any atom is 0.409 e. The third kappa shape index (κ3) is 5.38. The molecule has 0 atom stereocenters. The van der Waals surface area contributed by atoms with Gasteiger partial charge in [-0.1, -0.05) is 36.3 Å². The fourth-order valence-corrected chi connectivity index (χ4v) is 2.25. The van der Waals surface area contributed by atoms with Crippen LogP contribution in [-0.2, 0) is 11.3 Å². The molecule has 2 aromatic carbocycles. The molecule has 5 heteroatoms. The van der Waals surface area contributed by atoms with Gasteiger partial charge in [0.2, 0.25) is 0 Å². The van der Waals surface area contributed by atoms with Gasteiger partial charge in [0, 0.05) is 38.3 Å². The summed E-state index contributed by atoms with van der Waals surface area (Å²) in [5.41, 5.74) is 2.21. The molecule has 0 unspecified atom stereocenters. The second-order valence-electron chi connectivity index (χ2n) is 5.91. The van der Waals surface area contributed by atoms with Crippen molar-refractivity contribution in [3.05, 3.63) is 71.3 Å². The normalized spacial score (nSPS) is 9.88. The van der Waals surface area contributed by atoms with E-state index in [1.165, 1.54) is 4.90 Å². The maximum absolute atomic E-state index is 12.4. The van der Waals surface area contributed by atoms with Gasteiger partial charge in [-0.3, -0.25) is 4.79 Å². The minimum absolute atomic E-state index is 0.125. The van der Waals surface area contributed by atoms with Gasteiger partial charge >= 0.3 is 6.09 Å². The molecule has 0 aliphatic rings. The molecule has 0 heterocycles. The van der Waals surface area contributed by atoms with Gasteiger partial charge < -0.3 is 14.5 Å². The lowest BCUT2D eigenvalue weighted by molar-refractivity contribution is 0.0757. The summed E-state index contributed by atoms with van der Waals surface area (Å²) >= 11 is 0. The van der Waals surface area contributed by atoms with Crippen LogP contribution in [0.15, 0.2) is 54.6 Å². The smallest absolute Gasteiger partial charge is 0.409 e. The van der Waals surface area contributed by atoms with E-state index >= 15 is 0 Å². The average Bonchev–Trinajstić information content (AvgIpc) is 2.70. The van der Waals surface area contributed by atoms with Gasteiger partial charge in [-0.15, -0.1) is 6.42 Å². The molecule has 2 rings (SSSR count). The summed E-state index contributed by atoms with van der Waals surface area (Å²) < 4.78 is 5.26. The summed E-state index contributed by atoms with van der Waals surface area (Å²) in [6, 6.07) is 16.3. The van der Waals surface area contributed by atoms with Crippen LogP contribution < -0.4 is 0 Å². The summed E-state index contributed by atoms with van der Waals surface area (Å²) in [6.07, 6.45) is 4.89. The third-order valence-corrected chi connectivity index (χ3v) is 3.93. The number of benzene rings is 2. The average molecular weight is 350 g/mol. The fraction of sp³-hybridized carbons (Fsp3) is 0.238. The fourth-order valence-electron chi connectivity index (χ4n) is 2.25. The Morgan fingerprint density at radius 1 is 0.962 bits per heavy atom. The Labute approximate surface area is 154 Å². The highest BCUT2D eigenvalue weighted by molar-refractivity contribution is 5.94. The monoisotopic (exact) mass is 350 g/mol. The molecule has 2 aromatic rings. The van der Waals surface area contributed by atoms with Crippen LogP contribution in [0, 0.1) is 12.3 Å². The first-order valence-electron chi connectivity index (χ1n) is 8.25. The van der Waals surface area contributed by atoms with Gasteiger partial charge in [0.05, 0.1) is 0 Å². The second-order valence-corrected chi connectivity index (χ2v) is 5.91. The van der Waals surface area contributed by atoms with Gasteiger partial charge in [0.1, 0.15) is 6.61 Å². The van der Waals surface area contributed by atoms with Crippen molar-refractivity contribution >= 4 is 12.0 Å². The van der Waals surface area contributed by atoms with E-state index in [-0.39, 0.29) is 12.5 Å². The molecule has 2 amide bonds. The standard InChI is InChI=1S/C21H22N2O3/c1-4-17-10-12-19(13-11-17)20(24)22(2)14-15-23(3)21(25)26-16-18-8-6-5-7-9-18/h1,5-13H,14-16H2,2-3H3. The van der Waals surface area contributed by atoms with Gasteiger partial charge in [0.25, 0.3) is 5.91 Å². The van der Waals surface area contributed by atoms with Gasteiger partial charge in [-0.05, 0) is 29.8 Å². The minimum Gasteiger partial charge on any atom is -0.445 e. The van der Waals surface area contributed by atoms with Crippen molar-refractivity contribution in [3.8, 4) is 12.3 Å². The number of hydrogen-bond acceptors (Lipinski definition) is 3. The van der Waals surface area contributed by atoms with Crippen LogP contribution in [0.3, 0.4) is 0 Å². The molecule has 0 aliphatic heterocycles. The quantitative estimate of drug-likeness (QED) is 0.753. The van der Waals surface area contributed by atoms with Crippen LogP contribution in [0.5, 0.6) is 0 Å². The lowest BCUT2D eigenvalue weighted by atomic mass is 10.1. The van der Waals surface area contributed by atoms with Crippen molar-refractivity contribution in [2.45, 2.75) is 6.61 Å². The van der Waals surface area contributed by atoms with Crippen LogP contribution in [0.2, 0.25) is 0 Å². The molecule has 0 N–H and O–H groups in total. The Balaban J connectivity index is 1.79. The lowest BCUT2D eigenvalue weighted by Crippen LogP contribution is -2.37. The van der Waals surface area contributed by atoms with Crippen molar-refractivity contribution in [1.29, 1.82) is 0 Å². The molecule has 134 valence electrons. The van der Waals surface area contributed by atoms with Gasteiger partial charge in [0.15, 0.2) is 0 Å². The van der Waals surface area contributed by atoms with E-state index in [0.29, 0.717) is 18.7 Å². The summed E-state index contributed by atoms with van der Waals surface area (Å²) in [5.74, 6) is 2.39. The van der Waals surface area contributed by atoms with E-state index < -0.39 is 6.09 Å². The van der Waals surface area contributed by atoms with E-state index in [2.05, 4.69) is 5.92 Å². The number of hydrogen-bond donors (Lipinski definition) is 0. The molecule has 0 bridgehead atoms. The SMILES string of the molecule is C#Cc1ccc(C(=O)N(C)CCN(C)C(=O)OCc2ccccc2)cc1. The molecule has 26 heavy (non-hydrogen) atoms. The van der Waals surface area contributed by atoms with Crippen molar-refractivity contribution < 1.29 is 14.3 Å². The highest BCUT2D eigenvalue weighted by atomic mass is 16.6. The highest BCUT2D eigenvalue weighted by Gasteiger charge is 2.15. The van der Waals surface area contributed by atoms with Crippen molar-refractivity contribution in [2.75, 3.05) is 27.2 Å². The number of carbonyl (C=O) groups is 2. The summed E-state index contributed by atoms with van der Waals surface area (Å²) in [7, 11) is 3.34. The predicted molar refractivity (Wildman–Crippen MR) is 101 cm³/mol. The van der Waals surface area contributed by atoms with E-state index in [1.807, 2.05) is 30.3 Å². The first-order valence-corrected chi connectivity index (χ1v) is 8.25. The molecule has 0 fully saturated rings. The number of terminal acetylenes is 1. The lowest BCUT2D eigenvalue weighted by Gasteiger charge is -2.22. The summed E-state index contributed by atoms with van der Waals surface area (Å²) in [4.78, 5) is 27.4. The zero-order chi connectivity index (χ0) is 18.9. The number of amides is 2. The number of carbonyl (C=O) groups excluding carboxylic acids is 2. The number of ether oxygens (including phenoxy) is 1. The maximum atomic E-state index is 12.4. The molecular weight excluding hydrogens is 328 g/mol. The molecule has 0 radical (unpaired) electrons. The Kier molecular flexibility index (Phi) is 6.81. The molecule has 0 saturated carbocycles. The third-order valence-electron chi connectivity index (χ3n) is 3.93. The number of nitrogens with zero attached hydrogens (tertiary/aromatic N) is 2. The minimum atomic E-state index is -0.423. The van der Waals surface area contributed by atoms with Crippen LogP contribution in [0.1, 0.15) is 21.5 Å². The van der Waals surface area contributed by atoms with E-state index in [1.54, 1.807) is 43.3 Å². The topological polar surface area (TPSA) is 49.9 Å². The zero-order valence-electron chi connectivity index (χ0n) is 15.0. The van der Waals surface area contributed by atoms with Crippen LogP contribution in [0.25, 0.3) is 0 Å². The highest BCUT2D eigenvalue weighted by Crippen LogP contribution is 2.07. The van der Waals surface area contributed by atoms with Crippen LogP contribution in [-0.4, -0.2) is 49.0 Å². The summed E-state index contributed by atoms with van der Waals surface area (Å²) in [6.45, 7) is 0.991. The molecule has 5 nitrogen and oxygen atoms in total. The molecule has 0 aliphatic carbocycles. The molecule has 0 aromatic heterocycles. The van der Waals surface area contributed by atoms with E-state index in [4.69, 9.17) is 11.2 Å². The predicted octanol–water partition coefficient (Wildman–Crippen LogP) is 3.01. The second kappa shape index (κ2) is 9.28. The molecular formula is C21H22N2O3. The molecule has 0 saturated heterocycles. The van der Waals surface area contributed by atoms with Gasteiger partial charge in [-0.2, -0.15) is 0 Å². The number of likely N-dealkylation sites (N-methyl/N-ethyl adjacent to an activating group) is 2. The van der Waals surface area contributed by atoms with Gasteiger partial charge in [-0.25, -0.2) is 4.79 Å². The van der Waals surface area contributed by atoms with Crippen LogP contribution >= 0.6 is 0 Å². The summed E-state index contributed by atoms with van der Waals surface area (Å²) in [5, 5.41) is 0. The van der Waals surface area contributed by atoms with Crippen LogP contribution in [0.4, 0.5) is 4.79 Å². The van der Waals surface area contributed by atoms with E-state index in [0.717, 1.165) is 11.1 Å². The zero-order valence-corrected chi connectivity index (χ0v) is 15.0. The van der Waals surface area contributed by atoms with Crippen molar-refractivity contribution in [2.24, 2.45) is 0 Å². The Morgan fingerprint density at radius 2 is 1.58 bits per heavy atom. The number of rotatable bonds is 6. The van der Waals surface area contributed by atoms with Crippen molar-refractivity contribution in [3.63, 3.8) is 0 Å². The molecule has 0 spiro atoms. The Hall–Kier alpha value is -3.26. The Morgan fingerprint density at radius 3 is 2.19 bits per heavy atom. The Bertz CT molecular complexity index is 779. The first kappa shape index (κ1) is 19.1. The van der Waals surface area contributed by atoms with Crippen molar-refractivity contribution in [1.82, 2.24) is 9.80 Å². The first-order chi connectivity index (χ1) is 12.5. The van der Waals surface area contributed by atoms with E-state index in [9.17, 15) is 9.59 Å². The largest absolute Gasteiger partial charge is 0.445 e.